The number of hydrogen-bond acceptors (Lipinski definition) is 2. The van der Waals surface area contributed by atoms with Gasteiger partial charge in [0.2, 0.25) is 0 Å². The van der Waals surface area contributed by atoms with Gasteiger partial charge in [-0.15, -0.1) is 0 Å². The molecule has 15 heavy (non-hydrogen) atoms. The summed E-state index contributed by atoms with van der Waals surface area (Å²) in [6, 6.07) is 0. The molecule has 0 aromatic heterocycles. The second-order valence-corrected chi connectivity index (χ2v) is 6.15. The van der Waals surface area contributed by atoms with Crippen LogP contribution in [0.4, 0.5) is 0 Å². The van der Waals surface area contributed by atoms with E-state index in [1.165, 1.54) is 0 Å². The minimum atomic E-state index is -0.627. The van der Waals surface area contributed by atoms with Crippen molar-refractivity contribution in [2.45, 2.75) is 44.6 Å². The Balaban J connectivity index is 2.00. The van der Waals surface area contributed by atoms with Crippen LogP contribution in [0, 0.1) is 23.2 Å². The maximum Gasteiger partial charge on any atom is 0.309 e. The molecule has 2 N–H and O–H groups in total. The summed E-state index contributed by atoms with van der Waals surface area (Å²) in [5.41, 5.74) is -1.09. The summed E-state index contributed by atoms with van der Waals surface area (Å²) in [6.07, 6.45) is 4.33. The molecular formula is C12H18O3. The van der Waals surface area contributed by atoms with Crippen LogP contribution < -0.4 is 0 Å². The van der Waals surface area contributed by atoms with E-state index in [4.69, 9.17) is 0 Å². The van der Waals surface area contributed by atoms with E-state index in [-0.39, 0.29) is 11.8 Å². The third-order valence-corrected chi connectivity index (χ3v) is 5.30. The van der Waals surface area contributed by atoms with Gasteiger partial charge in [0.05, 0.1) is 11.0 Å². The van der Waals surface area contributed by atoms with Gasteiger partial charge in [0.1, 0.15) is 0 Å². The lowest BCUT2D eigenvalue weighted by atomic mass is 9.45. The summed E-state index contributed by atoms with van der Waals surface area (Å²) in [5.74, 6) is 0.371. The van der Waals surface area contributed by atoms with Gasteiger partial charge in [-0.05, 0) is 56.8 Å². The average Bonchev–Trinajstić information content (AvgIpc) is 2.13. The second-order valence-electron chi connectivity index (χ2n) is 6.15. The lowest BCUT2D eigenvalue weighted by Crippen LogP contribution is -2.61. The number of carbonyl (C=O) groups is 1. The second kappa shape index (κ2) is 2.57. The first-order valence-electron chi connectivity index (χ1n) is 5.90. The SMILES string of the molecule is C[C@]1(O)[C@@H]2CC3C[C@@H]1C[C@](C(=O)O)(C3)C2. The molecule has 2 atom stereocenters. The van der Waals surface area contributed by atoms with E-state index in [2.05, 4.69) is 0 Å². The van der Waals surface area contributed by atoms with E-state index in [9.17, 15) is 15.0 Å². The molecule has 0 radical (unpaired) electrons. The maximum atomic E-state index is 11.4. The van der Waals surface area contributed by atoms with E-state index in [0.29, 0.717) is 18.8 Å². The van der Waals surface area contributed by atoms with Crippen LogP contribution in [-0.2, 0) is 4.79 Å². The Kier molecular flexibility index (Phi) is 1.65. The minimum absolute atomic E-state index is 0.222. The highest BCUT2D eigenvalue weighted by Crippen LogP contribution is 2.63. The zero-order valence-electron chi connectivity index (χ0n) is 9.07. The summed E-state index contributed by atoms with van der Waals surface area (Å²) in [5, 5.41) is 19.8. The van der Waals surface area contributed by atoms with Gasteiger partial charge < -0.3 is 10.2 Å². The lowest BCUT2D eigenvalue weighted by Gasteiger charge is -2.61. The van der Waals surface area contributed by atoms with E-state index in [1.54, 1.807) is 0 Å². The molecule has 0 aromatic rings. The number of aliphatic hydroxyl groups is 1. The van der Waals surface area contributed by atoms with Crippen LogP contribution in [-0.4, -0.2) is 21.8 Å². The van der Waals surface area contributed by atoms with Gasteiger partial charge in [0, 0.05) is 0 Å². The Bertz CT molecular complexity index is 303. The van der Waals surface area contributed by atoms with Crippen molar-refractivity contribution < 1.29 is 15.0 Å². The van der Waals surface area contributed by atoms with Crippen LogP contribution in [0.1, 0.15) is 39.0 Å². The Morgan fingerprint density at radius 3 is 2.20 bits per heavy atom. The van der Waals surface area contributed by atoms with Gasteiger partial charge in [0.15, 0.2) is 0 Å². The van der Waals surface area contributed by atoms with Crippen molar-refractivity contribution in [2.75, 3.05) is 0 Å². The van der Waals surface area contributed by atoms with Gasteiger partial charge in [-0.3, -0.25) is 4.79 Å². The van der Waals surface area contributed by atoms with Crippen LogP contribution >= 0.6 is 0 Å². The fourth-order valence-electron chi connectivity index (χ4n) is 4.47. The number of rotatable bonds is 1. The zero-order valence-corrected chi connectivity index (χ0v) is 9.07. The Labute approximate surface area is 89.5 Å². The molecule has 0 saturated heterocycles. The average molecular weight is 210 g/mol. The molecule has 4 rings (SSSR count). The highest BCUT2D eigenvalue weighted by molar-refractivity contribution is 5.75. The Hall–Kier alpha value is -0.570. The summed E-state index contributed by atoms with van der Waals surface area (Å²) >= 11 is 0. The van der Waals surface area contributed by atoms with Crippen LogP contribution in [0.5, 0.6) is 0 Å². The molecule has 0 aliphatic heterocycles. The predicted molar refractivity (Wildman–Crippen MR) is 54.2 cm³/mol. The topological polar surface area (TPSA) is 57.5 Å². The van der Waals surface area contributed by atoms with E-state index >= 15 is 0 Å². The van der Waals surface area contributed by atoms with Gasteiger partial charge in [-0.2, -0.15) is 0 Å². The first kappa shape index (κ1) is 9.64. The fraction of sp³-hybridized carbons (Fsp3) is 0.917. The minimum Gasteiger partial charge on any atom is -0.481 e. The van der Waals surface area contributed by atoms with Crippen molar-refractivity contribution in [1.82, 2.24) is 0 Å². The molecule has 4 fully saturated rings. The molecule has 0 aromatic carbocycles. The predicted octanol–water partition coefficient (Wildman–Crippen LogP) is 1.65. The van der Waals surface area contributed by atoms with Gasteiger partial charge >= 0.3 is 5.97 Å². The van der Waals surface area contributed by atoms with Crippen molar-refractivity contribution in [3.63, 3.8) is 0 Å². The summed E-state index contributed by atoms with van der Waals surface area (Å²) < 4.78 is 0. The lowest BCUT2D eigenvalue weighted by molar-refractivity contribution is -0.205. The molecule has 4 aliphatic rings. The number of hydrogen-bond donors (Lipinski definition) is 2. The third kappa shape index (κ3) is 1.07. The normalized spacial score (nSPS) is 57.1. The standard InChI is InChI=1S/C12H18O3/c1-11(15)8-2-7-3-9(11)6-12(4-7,5-8)10(13)14/h7-9,15H,2-6H2,1H3,(H,13,14)/t7?,8-,9-,11-,12-/m1/s1. The fourth-order valence-corrected chi connectivity index (χ4v) is 4.47. The highest BCUT2D eigenvalue weighted by Gasteiger charge is 2.62. The largest absolute Gasteiger partial charge is 0.481 e. The molecule has 0 unspecified atom stereocenters. The summed E-state index contributed by atoms with van der Waals surface area (Å²) in [7, 11) is 0. The molecule has 0 amide bonds. The molecule has 3 heteroatoms. The quantitative estimate of drug-likeness (QED) is 0.692. The molecule has 0 heterocycles. The smallest absolute Gasteiger partial charge is 0.309 e. The van der Waals surface area contributed by atoms with Crippen LogP contribution in [0.15, 0.2) is 0 Å². The molecule has 84 valence electrons. The van der Waals surface area contributed by atoms with Crippen molar-refractivity contribution >= 4 is 5.97 Å². The van der Waals surface area contributed by atoms with Gasteiger partial charge in [0.25, 0.3) is 0 Å². The van der Waals surface area contributed by atoms with Crippen LogP contribution in [0.3, 0.4) is 0 Å². The monoisotopic (exact) mass is 210 g/mol. The first-order valence-corrected chi connectivity index (χ1v) is 5.90. The molecule has 4 saturated carbocycles. The van der Waals surface area contributed by atoms with Crippen molar-refractivity contribution in [3.05, 3.63) is 0 Å². The third-order valence-electron chi connectivity index (χ3n) is 5.30. The van der Waals surface area contributed by atoms with Gasteiger partial charge in [-0.25, -0.2) is 0 Å². The van der Waals surface area contributed by atoms with Crippen molar-refractivity contribution in [3.8, 4) is 0 Å². The first-order chi connectivity index (χ1) is 6.94. The molecular weight excluding hydrogens is 192 g/mol. The number of carboxylic acid groups (broad SMARTS) is 1. The molecule has 4 bridgehead atoms. The molecule has 3 nitrogen and oxygen atoms in total. The van der Waals surface area contributed by atoms with Gasteiger partial charge in [-0.1, -0.05) is 0 Å². The van der Waals surface area contributed by atoms with E-state index < -0.39 is 17.0 Å². The summed E-state index contributed by atoms with van der Waals surface area (Å²) in [6.45, 7) is 1.91. The van der Waals surface area contributed by atoms with E-state index in [1.807, 2.05) is 6.92 Å². The van der Waals surface area contributed by atoms with Crippen molar-refractivity contribution in [2.24, 2.45) is 23.2 Å². The molecule has 0 spiro atoms. The number of aliphatic carboxylic acids is 1. The zero-order chi connectivity index (χ0) is 10.8. The van der Waals surface area contributed by atoms with Crippen molar-refractivity contribution in [1.29, 1.82) is 0 Å². The Morgan fingerprint density at radius 1 is 1.20 bits per heavy atom. The van der Waals surface area contributed by atoms with Crippen LogP contribution in [0.25, 0.3) is 0 Å². The molecule has 4 aliphatic carbocycles. The Morgan fingerprint density at radius 2 is 1.73 bits per heavy atom. The number of carboxylic acids is 1. The van der Waals surface area contributed by atoms with E-state index in [0.717, 1.165) is 19.3 Å². The highest BCUT2D eigenvalue weighted by atomic mass is 16.4. The summed E-state index contributed by atoms with van der Waals surface area (Å²) in [4.78, 5) is 11.4. The van der Waals surface area contributed by atoms with Crippen LogP contribution in [0.2, 0.25) is 0 Å². The maximum absolute atomic E-state index is 11.4.